The van der Waals surface area contributed by atoms with Crippen LogP contribution in [0, 0.1) is 5.41 Å². The third-order valence-electron chi connectivity index (χ3n) is 5.56. The molecule has 1 atom stereocenters. The van der Waals surface area contributed by atoms with Crippen molar-refractivity contribution in [3.8, 4) is 0 Å². The van der Waals surface area contributed by atoms with Gasteiger partial charge < -0.3 is 10.6 Å². The molecule has 5 nitrogen and oxygen atoms in total. The summed E-state index contributed by atoms with van der Waals surface area (Å²) in [6.07, 6.45) is 12.6. The maximum Gasteiger partial charge on any atom is 0.223 e. The molecule has 3 rings (SSSR count). The van der Waals surface area contributed by atoms with Gasteiger partial charge in [0.25, 0.3) is 0 Å². The van der Waals surface area contributed by atoms with Crippen molar-refractivity contribution >= 4 is 30.7 Å². The molecule has 1 aliphatic carbocycles. The van der Waals surface area contributed by atoms with E-state index in [9.17, 15) is 4.79 Å². The fraction of sp³-hybridized carbons (Fsp3) is 0.765. The number of halogens is 2. The van der Waals surface area contributed by atoms with Crippen LogP contribution in [0.15, 0.2) is 12.4 Å². The predicted octanol–water partition coefficient (Wildman–Crippen LogP) is 3.23. The standard InChI is InChI=1S/C17H28N4O.2ClH/c1-20-12-14(11-19-20)15-6-5-9-21(15)16(22)10-17(13-18)7-3-2-4-8-17;;/h11-12,15H,2-10,13,18H2,1H3;2*1H. The van der Waals surface area contributed by atoms with Gasteiger partial charge in [0, 0.05) is 31.8 Å². The minimum Gasteiger partial charge on any atom is -0.336 e. The summed E-state index contributed by atoms with van der Waals surface area (Å²) in [5.41, 5.74) is 7.27. The molecule has 0 bridgehead atoms. The molecule has 0 spiro atoms. The summed E-state index contributed by atoms with van der Waals surface area (Å²) in [5, 5.41) is 4.26. The Hall–Kier alpha value is -0.780. The van der Waals surface area contributed by atoms with E-state index in [1.165, 1.54) is 24.8 Å². The quantitative estimate of drug-likeness (QED) is 0.876. The third-order valence-corrected chi connectivity index (χ3v) is 5.56. The van der Waals surface area contributed by atoms with Crippen molar-refractivity contribution in [2.45, 2.75) is 57.4 Å². The summed E-state index contributed by atoms with van der Waals surface area (Å²) in [6, 6.07) is 0.208. The highest BCUT2D eigenvalue weighted by atomic mass is 35.5. The van der Waals surface area contributed by atoms with Crippen LogP contribution < -0.4 is 5.73 Å². The Morgan fingerprint density at radius 3 is 2.58 bits per heavy atom. The SMILES string of the molecule is Cl.Cl.Cn1cc(C2CCCN2C(=O)CC2(CN)CCCCC2)cn1. The van der Waals surface area contributed by atoms with Crippen LogP contribution >= 0.6 is 24.8 Å². The minimum atomic E-state index is 0. The van der Waals surface area contributed by atoms with E-state index in [0.717, 1.165) is 32.2 Å². The second-order valence-corrected chi connectivity index (χ2v) is 7.13. The van der Waals surface area contributed by atoms with Crippen molar-refractivity contribution in [1.82, 2.24) is 14.7 Å². The average molecular weight is 377 g/mol. The van der Waals surface area contributed by atoms with Gasteiger partial charge in [-0.1, -0.05) is 19.3 Å². The third kappa shape index (κ3) is 4.44. The number of carbonyl (C=O) groups is 1. The Kier molecular flexibility index (Phi) is 8.03. The maximum atomic E-state index is 12.9. The molecule has 1 saturated heterocycles. The van der Waals surface area contributed by atoms with Crippen LogP contribution in [0.25, 0.3) is 0 Å². The molecule has 1 aromatic rings. The Morgan fingerprint density at radius 1 is 1.29 bits per heavy atom. The van der Waals surface area contributed by atoms with Crippen LogP contribution in [-0.2, 0) is 11.8 Å². The molecule has 2 heterocycles. The number of hydrogen-bond donors (Lipinski definition) is 1. The Balaban J connectivity index is 0.00000144. The molecule has 24 heavy (non-hydrogen) atoms. The fourth-order valence-corrected chi connectivity index (χ4v) is 4.20. The topological polar surface area (TPSA) is 64.2 Å². The van der Waals surface area contributed by atoms with E-state index in [0.29, 0.717) is 18.9 Å². The summed E-state index contributed by atoms with van der Waals surface area (Å²) in [5.74, 6) is 0.290. The van der Waals surface area contributed by atoms with Crippen LogP contribution in [0.3, 0.4) is 0 Å². The minimum absolute atomic E-state index is 0. The smallest absolute Gasteiger partial charge is 0.223 e. The summed E-state index contributed by atoms with van der Waals surface area (Å²) in [6.45, 7) is 1.52. The first-order valence-electron chi connectivity index (χ1n) is 8.62. The molecule has 1 unspecified atom stereocenters. The van der Waals surface area contributed by atoms with Crippen LogP contribution in [0.1, 0.15) is 63.0 Å². The van der Waals surface area contributed by atoms with Crippen molar-refractivity contribution in [3.05, 3.63) is 18.0 Å². The molecule has 138 valence electrons. The zero-order valence-corrected chi connectivity index (χ0v) is 16.1. The van der Waals surface area contributed by atoms with Crippen LogP contribution in [0.5, 0.6) is 0 Å². The van der Waals surface area contributed by atoms with Gasteiger partial charge in [0.15, 0.2) is 0 Å². The Morgan fingerprint density at radius 2 is 2.00 bits per heavy atom. The Bertz CT molecular complexity index is 528. The van der Waals surface area contributed by atoms with Crippen LogP contribution in [-0.4, -0.2) is 33.7 Å². The molecule has 1 saturated carbocycles. The van der Waals surface area contributed by atoms with Gasteiger partial charge in [0.1, 0.15) is 0 Å². The number of likely N-dealkylation sites (tertiary alicyclic amines) is 1. The van der Waals surface area contributed by atoms with E-state index in [1.807, 2.05) is 24.1 Å². The Labute approximate surface area is 157 Å². The van der Waals surface area contributed by atoms with Gasteiger partial charge in [0.2, 0.25) is 5.91 Å². The van der Waals surface area contributed by atoms with Gasteiger partial charge in [-0.3, -0.25) is 9.48 Å². The van der Waals surface area contributed by atoms with Gasteiger partial charge >= 0.3 is 0 Å². The molecular weight excluding hydrogens is 347 g/mol. The molecule has 0 radical (unpaired) electrons. The first-order chi connectivity index (χ1) is 10.6. The van der Waals surface area contributed by atoms with Crippen molar-refractivity contribution in [2.24, 2.45) is 18.2 Å². The first kappa shape index (κ1) is 21.3. The molecule has 2 fully saturated rings. The van der Waals surface area contributed by atoms with Crippen LogP contribution in [0.2, 0.25) is 0 Å². The van der Waals surface area contributed by atoms with Gasteiger partial charge in [-0.05, 0) is 37.6 Å². The zero-order chi connectivity index (χ0) is 15.6. The first-order valence-corrected chi connectivity index (χ1v) is 8.62. The molecule has 1 aromatic heterocycles. The van der Waals surface area contributed by atoms with E-state index < -0.39 is 0 Å². The number of hydrogen-bond acceptors (Lipinski definition) is 3. The molecule has 2 N–H and O–H groups in total. The normalized spacial score (nSPS) is 22.6. The van der Waals surface area contributed by atoms with E-state index in [2.05, 4.69) is 10.00 Å². The summed E-state index contributed by atoms with van der Waals surface area (Å²) < 4.78 is 1.82. The molecule has 1 aliphatic heterocycles. The molecule has 2 aliphatic rings. The summed E-state index contributed by atoms with van der Waals surface area (Å²) in [4.78, 5) is 15.0. The van der Waals surface area contributed by atoms with E-state index in [4.69, 9.17) is 5.73 Å². The lowest BCUT2D eigenvalue weighted by molar-refractivity contribution is -0.135. The number of amides is 1. The van der Waals surface area contributed by atoms with E-state index in [1.54, 1.807) is 0 Å². The van der Waals surface area contributed by atoms with E-state index >= 15 is 0 Å². The molecular formula is C17H30Cl2N4O. The van der Waals surface area contributed by atoms with Gasteiger partial charge in [-0.2, -0.15) is 5.10 Å². The second kappa shape index (κ2) is 9.07. The maximum absolute atomic E-state index is 12.9. The number of rotatable bonds is 4. The lowest BCUT2D eigenvalue weighted by Gasteiger charge is -2.37. The van der Waals surface area contributed by atoms with Gasteiger partial charge in [-0.15, -0.1) is 24.8 Å². The fourth-order valence-electron chi connectivity index (χ4n) is 4.20. The monoisotopic (exact) mass is 376 g/mol. The van der Waals surface area contributed by atoms with Gasteiger partial charge in [-0.25, -0.2) is 0 Å². The van der Waals surface area contributed by atoms with Crippen molar-refractivity contribution in [1.29, 1.82) is 0 Å². The number of nitrogens with two attached hydrogens (primary N) is 1. The number of carbonyl (C=O) groups excluding carboxylic acids is 1. The predicted molar refractivity (Wildman–Crippen MR) is 101 cm³/mol. The number of nitrogens with zero attached hydrogens (tertiary/aromatic N) is 3. The highest BCUT2D eigenvalue weighted by Crippen LogP contribution is 2.40. The van der Waals surface area contributed by atoms with Crippen molar-refractivity contribution in [3.63, 3.8) is 0 Å². The van der Waals surface area contributed by atoms with Crippen molar-refractivity contribution in [2.75, 3.05) is 13.1 Å². The molecule has 7 heteroatoms. The highest BCUT2D eigenvalue weighted by Gasteiger charge is 2.37. The van der Waals surface area contributed by atoms with Gasteiger partial charge in [0.05, 0.1) is 12.2 Å². The largest absolute Gasteiger partial charge is 0.336 e. The average Bonchev–Trinajstić information content (AvgIpc) is 3.16. The number of aromatic nitrogens is 2. The van der Waals surface area contributed by atoms with Crippen LogP contribution in [0.4, 0.5) is 0 Å². The summed E-state index contributed by atoms with van der Waals surface area (Å²) in [7, 11) is 1.93. The lowest BCUT2D eigenvalue weighted by atomic mass is 9.71. The zero-order valence-electron chi connectivity index (χ0n) is 14.4. The molecule has 0 aromatic carbocycles. The van der Waals surface area contributed by atoms with E-state index in [-0.39, 0.29) is 36.3 Å². The summed E-state index contributed by atoms with van der Waals surface area (Å²) >= 11 is 0. The number of aryl methyl sites for hydroxylation is 1. The molecule has 1 amide bonds. The van der Waals surface area contributed by atoms with Crippen molar-refractivity contribution < 1.29 is 4.79 Å². The lowest BCUT2D eigenvalue weighted by Crippen LogP contribution is -2.40. The second-order valence-electron chi connectivity index (χ2n) is 7.13. The highest BCUT2D eigenvalue weighted by molar-refractivity contribution is 5.85.